The number of hydrogen-bond donors (Lipinski definition) is 2. The fourth-order valence-electron chi connectivity index (χ4n) is 3.04. The second-order valence-electron chi connectivity index (χ2n) is 6.19. The topological polar surface area (TPSA) is 76.1 Å². The minimum Gasteiger partial charge on any atom is -0.360 e. The Morgan fingerprint density at radius 3 is 2.74 bits per heavy atom. The summed E-state index contributed by atoms with van der Waals surface area (Å²) in [6, 6.07) is 5.27. The number of anilines is 1. The smallest absolute Gasteiger partial charge is 0.360 e. The van der Waals surface area contributed by atoms with Crippen LogP contribution in [-0.2, 0) is 17.5 Å². The summed E-state index contributed by atoms with van der Waals surface area (Å²) in [5, 5.41) is 14.1. The van der Waals surface area contributed by atoms with Crippen molar-refractivity contribution in [3.05, 3.63) is 52.1 Å². The van der Waals surface area contributed by atoms with E-state index in [1.807, 2.05) is 0 Å². The molecule has 2 N–H and O–H groups in total. The van der Waals surface area contributed by atoms with Gasteiger partial charge in [-0.25, -0.2) is 0 Å². The number of amides is 1. The first-order valence-electron chi connectivity index (χ1n) is 8.23. The van der Waals surface area contributed by atoms with E-state index in [4.69, 9.17) is 17.0 Å². The van der Waals surface area contributed by atoms with Gasteiger partial charge in [-0.2, -0.15) is 18.3 Å². The Labute approximate surface area is 158 Å². The lowest BCUT2D eigenvalue weighted by Crippen LogP contribution is -2.37. The number of aromatic nitrogens is 2. The fourth-order valence-corrected chi connectivity index (χ4v) is 3.26. The van der Waals surface area contributed by atoms with Crippen LogP contribution in [0.2, 0.25) is 5.02 Å². The van der Waals surface area contributed by atoms with Gasteiger partial charge in [0.05, 0.1) is 24.0 Å². The van der Waals surface area contributed by atoms with E-state index in [1.54, 1.807) is 4.90 Å². The molecule has 144 valence electrons. The van der Waals surface area contributed by atoms with Gasteiger partial charge in [-0.3, -0.25) is 15.3 Å². The molecule has 1 aromatic heterocycles. The van der Waals surface area contributed by atoms with Gasteiger partial charge in [-0.15, -0.1) is 0 Å². The van der Waals surface area contributed by atoms with Crippen LogP contribution in [0, 0.1) is 5.41 Å². The first kappa shape index (κ1) is 19.2. The van der Waals surface area contributed by atoms with Gasteiger partial charge in [-0.05, 0) is 18.1 Å². The highest BCUT2D eigenvalue weighted by Crippen LogP contribution is 2.32. The first-order valence-corrected chi connectivity index (χ1v) is 8.61. The number of nitrogens with zero attached hydrogens (tertiary/aromatic N) is 3. The zero-order chi connectivity index (χ0) is 19.6. The van der Waals surface area contributed by atoms with Crippen LogP contribution in [0.4, 0.5) is 18.9 Å². The molecule has 1 aliphatic rings. The standard InChI is InChI=1S/C17H17ClF3N5O/c18-15-13(8-23-24-16(15)22)25-6-3-7-26(14(27)10-25)9-11-4-1-2-5-12(11)17(19,20)21/h1-2,4-5,8H,3,6-7,9-10H2,(H2,22,24). The van der Waals surface area contributed by atoms with Crippen molar-refractivity contribution < 1.29 is 18.0 Å². The average Bonchev–Trinajstić information content (AvgIpc) is 2.79. The molecule has 0 aliphatic carbocycles. The largest absolute Gasteiger partial charge is 0.416 e. The summed E-state index contributed by atoms with van der Waals surface area (Å²) in [6.07, 6.45) is -2.48. The Morgan fingerprint density at radius 1 is 1.26 bits per heavy atom. The van der Waals surface area contributed by atoms with Crippen molar-refractivity contribution in [1.82, 2.24) is 15.1 Å². The second-order valence-corrected chi connectivity index (χ2v) is 6.57. The maximum Gasteiger partial charge on any atom is 0.416 e. The summed E-state index contributed by atoms with van der Waals surface area (Å²) >= 11 is 6.11. The normalized spacial score (nSPS) is 15.8. The molecule has 1 amide bonds. The summed E-state index contributed by atoms with van der Waals surface area (Å²) in [5.74, 6) is -0.306. The molecular weight excluding hydrogens is 383 g/mol. The lowest BCUT2D eigenvalue weighted by atomic mass is 10.1. The molecule has 0 atom stereocenters. The minimum atomic E-state index is -4.47. The Kier molecular flexibility index (Phi) is 5.41. The molecule has 1 saturated heterocycles. The number of benzene rings is 1. The van der Waals surface area contributed by atoms with Gasteiger partial charge in [-0.1, -0.05) is 29.8 Å². The predicted molar refractivity (Wildman–Crippen MR) is 93.1 cm³/mol. The first-order chi connectivity index (χ1) is 12.8. The molecule has 27 heavy (non-hydrogen) atoms. The van der Waals surface area contributed by atoms with E-state index < -0.39 is 11.7 Å². The van der Waals surface area contributed by atoms with Crippen LogP contribution in [0.15, 0.2) is 30.5 Å². The van der Waals surface area contributed by atoms with Gasteiger partial charge in [0.25, 0.3) is 0 Å². The molecule has 0 saturated carbocycles. The molecule has 1 aliphatic heterocycles. The summed E-state index contributed by atoms with van der Waals surface area (Å²) in [5.41, 5.74) is -0.286. The van der Waals surface area contributed by atoms with Gasteiger partial charge in [0.1, 0.15) is 5.02 Å². The number of rotatable bonds is 3. The van der Waals surface area contributed by atoms with Gasteiger partial charge in [0.15, 0.2) is 5.49 Å². The van der Waals surface area contributed by atoms with Crippen LogP contribution in [0.25, 0.3) is 0 Å². The third kappa shape index (κ3) is 4.24. The van der Waals surface area contributed by atoms with Crippen molar-refractivity contribution in [2.75, 3.05) is 24.5 Å². The summed E-state index contributed by atoms with van der Waals surface area (Å²) in [6.45, 7) is 0.660. The van der Waals surface area contributed by atoms with Crippen LogP contribution in [0.1, 0.15) is 17.5 Å². The van der Waals surface area contributed by atoms with Gasteiger partial charge in [0.2, 0.25) is 5.91 Å². The van der Waals surface area contributed by atoms with Crippen molar-refractivity contribution in [1.29, 1.82) is 5.41 Å². The summed E-state index contributed by atoms with van der Waals surface area (Å²) in [7, 11) is 0. The third-order valence-corrected chi connectivity index (χ3v) is 4.75. The van der Waals surface area contributed by atoms with E-state index >= 15 is 0 Å². The van der Waals surface area contributed by atoms with E-state index in [0.29, 0.717) is 25.2 Å². The maximum absolute atomic E-state index is 13.2. The van der Waals surface area contributed by atoms with Crippen molar-refractivity contribution in [2.45, 2.75) is 19.1 Å². The predicted octanol–water partition coefficient (Wildman–Crippen LogP) is 2.80. The molecule has 6 nitrogen and oxygen atoms in total. The lowest BCUT2D eigenvalue weighted by molar-refractivity contribution is -0.139. The van der Waals surface area contributed by atoms with Crippen molar-refractivity contribution >= 4 is 23.2 Å². The number of carbonyl (C=O) groups is 1. The zero-order valence-electron chi connectivity index (χ0n) is 14.2. The van der Waals surface area contributed by atoms with Crippen LogP contribution >= 0.6 is 11.6 Å². The molecule has 1 aromatic carbocycles. The molecule has 2 heterocycles. The van der Waals surface area contributed by atoms with E-state index in [1.165, 1.54) is 29.3 Å². The third-order valence-electron chi connectivity index (χ3n) is 4.37. The maximum atomic E-state index is 13.2. The molecule has 0 radical (unpaired) electrons. The Hall–Kier alpha value is -2.55. The minimum absolute atomic E-state index is 0.0426. The highest BCUT2D eigenvalue weighted by atomic mass is 35.5. The van der Waals surface area contributed by atoms with Crippen LogP contribution < -0.4 is 10.4 Å². The van der Waals surface area contributed by atoms with Crippen molar-refractivity contribution in [3.8, 4) is 0 Å². The number of aromatic amines is 1. The number of carbonyl (C=O) groups excluding carboxylic acids is 1. The quantitative estimate of drug-likeness (QED) is 0.833. The van der Waals surface area contributed by atoms with E-state index in [2.05, 4.69) is 10.2 Å². The molecular formula is C17H17ClF3N5O. The van der Waals surface area contributed by atoms with Crippen molar-refractivity contribution in [2.24, 2.45) is 0 Å². The summed E-state index contributed by atoms with van der Waals surface area (Å²) < 4.78 is 39.6. The molecule has 3 rings (SSSR count). The highest BCUT2D eigenvalue weighted by Gasteiger charge is 2.34. The van der Waals surface area contributed by atoms with Gasteiger partial charge >= 0.3 is 6.18 Å². The molecule has 0 unspecified atom stereocenters. The number of alkyl halides is 3. The number of nitrogens with one attached hydrogen (secondary N) is 2. The number of H-pyrrole nitrogens is 1. The highest BCUT2D eigenvalue weighted by molar-refractivity contribution is 6.32. The summed E-state index contributed by atoms with van der Waals surface area (Å²) in [4.78, 5) is 15.8. The zero-order valence-corrected chi connectivity index (χ0v) is 14.9. The monoisotopic (exact) mass is 399 g/mol. The van der Waals surface area contributed by atoms with E-state index in [-0.39, 0.29) is 35.1 Å². The molecule has 0 spiro atoms. The van der Waals surface area contributed by atoms with Gasteiger partial charge < -0.3 is 9.80 Å². The molecule has 10 heteroatoms. The Balaban J connectivity index is 1.80. The Bertz CT molecular complexity index is 899. The van der Waals surface area contributed by atoms with Crippen molar-refractivity contribution in [3.63, 3.8) is 0 Å². The van der Waals surface area contributed by atoms with E-state index in [0.717, 1.165) is 6.07 Å². The molecule has 2 aromatic rings. The molecule has 0 bridgehead atoms. The SMILES string of the molecule is N=c1[nH]ncc(N2CCCN(Cc3ccccc3C(F)(F)F)C(=O)C2)c1Cl. The Morgan fingerprint density at radius 2 is 2.00 bits per heavy atom. The number of hydrogen-bond acceptors (Lipinski definition) is 4. The number of halogens is 4. The lowest BCUT2D eigenvalue weighted by Gasteiger charge is -2.24. The van der Waals surface area contributed by atoms with E-state index in [9.17, 15) is 18.0 Å². The fraction of sp³-hybridized carbons (Fsp3) is 0.353. The molecule has 1 fully saturated rings. The average molecular weight is 400 g/mol. The van der Waals surface area contributed by atoms with Crippen LogP contribution in [-0.4, -0.2) is 40.6 Å². The van der Waals surface area contributed by atoms with Gasteiger partial charge in [0, 0.05) is 19.6 Å². The second kappa shape index (κ2) is 7.59. The van der Waals surface area contributed by atoms with Crippen LogP contribution in [0.3, 0.4) is 0 Å². The van der Waals surface area contributed by atoms with Crippen LogP contribution in [0.5, 0.6) is 0 Å².